The Bertz CT molecular complexity index is 1510. The van der Waals surface area contributed by atoms with E-state index in [1.807, 2.05) is 13.8 Å². The Hall–Kier alpha value is -2.19. The lowest BCUT2D eigenvalue weighted by Crippen LogP contribution is -2.70. The number of carbonyl (C=O) groups is 4. The summed E-state index contributed by atoms with van der Waals surface area (Å²) in [5, 5.41) is 36.1. The van der Waals surface area contributed by atoms with Crippen molar-refractivity contribution in [3.63, 3.8) is 0 Å². The predicted molar refractivity (Wildman–Crippen MR) is 206 cm³/mol. The molecule has 9 nitrogen and oxygen atoms in total. The number of unbranched alkanes of at least 4 members (excludes halogenated alkanes) is 1. The molecule has 4 N–H and O–H groups in total. The molecule has 2 amide bonds. The predicted octanol–water partition coefficient (Wildman–Crippen LogP) is 5.79. The van der Waals surface area contributed by atoms with Gasteiger partial charge in [-0.25, -0.2) is 0 Å². The number of nitrogens with zero attached hydrogens (tertiary/aromatic N) is 1. The maximum absolute atomic E-state index is 13.6. The minimum atomic E-state index is -0.809. The smallest absolute Gasteiger partial charge is 0.253 e. The number of hydrogen-bond donors (Lipinski definition) is 4. The van der Waals surface area contributed by atoms with E-state index in [0.717, 1.165) is 56.9 Å². The highest BCUT2D eigenvalue weighted by atomic mass is 32.2. The largest absolute Gasteiger partial charge is 0.393 e. The van der Waals surface area contributed by atoms with Crippen LogP contribution in [-0.2, 0) is 19.2 Å². The molecular weight excluding hydrogens is 689 g/mol. The SMILES string of the molecule is C#CCC(CC(=O)CCCC)CC(=O)C1=C(C)CSC2C(NC(=O)CC[C@@H](C)[C@H]3CC[C@H]4[C@@H]5C(O)C(O)[C@@H]6C[C@H](O)CC[C@]6(C)[C@H]5CC[C@]34C)C(=O)N12. The van der Waals surface area contributed by atoms with Crippen molar-refractivity contribution < 1.29 is 34.5 Å². The lowest BCUT2D eigenvalue weighted by atomic mass is 9.43. The van der Waals surface area contributed by atoms with E-state index in [-0.39, 0.29) is 76.1 Å². The van der Waals surface area contributed by atoms with Crippen LogP contribution in [0.2, 0.25) is 0 Å². The Morgan fingerprint density at radius 3 is 2.43 bits per heavy atom. The summed E-state index contributed by atoms with van der Waals surface area (Å²) < 4.78 is 0. The molecule has 6 aliphatic rings. The monoisotopic (exact) mass is 752 g/mol. The van der Waals surface area contributed by atoms with Crippen molar-refractivity contribution >= 4 is 35.1 Å². The number of hydrogen-bond acceptors (Lipinski definition) is 8. The molecule has 10 heteroatoms. The van der Waals surface area contributed by atoms with Crippen molar-refractivity contribution in [3.05, 3.63) is 11.3 Å². The number of thioether (sulfide) groups is 1. The van der Waals surface area contributed by atoms with Crippen molar-refractivity contribution in [2.24, 2.45) is 52.3 Å². The van der Waals surface area contributed by atoms with Crippen LogP contribution in [0.15, 0.2) is 11.3 Å². The molecule has 5 fully saturated rings. The first-order valence-electron chi connectivity index (χ1n) is 20.6. The second-order valence-corrected chi connectivity index (χ2v) is 19.5. The van der Waals surface area contributed by atoms with E-state index in [9.17, 15) is 34.5 Å². The van der Waals surface area contributed by atoms with Gasteiger partial charge in [-0.1, -0.05) is 34.1 Å². The van der Waals surface area contributed by atoms with E-state index in [0.29, 0.717) is 61.3 Å². The first-order chi connectivity index (χ1) is 25.2. The average Bonchev–Trinajstić information content (AvgIpc) is 3.48. The number of β-lactam (4-membered cyclic amide) rings is 1. The van der Waals surface area contributed by atoms with Crippen LogP contribution >= 0.6 is 11.8 Å². The van der Waals surface area contributed by atoms with E-state index in [4.69, 9.17) is 6.42 Å². The first kappa shape index (κ1) is 40.5. The van der Waals surface area contributed by atoms with Crippen molar-refractivity contribution in [1.82, 2.24) is 10.2 Å². The van der Waals surface area contributed by atoms with Gasteiger partial charge in [0.2, 0.25) is 5.91 Å². The van der Waals surface area contributed by atoms with Gasteiger partial charge in [0.1, 0.15) is 17.2 Å². The number of amides is 2. The number of allylic oxidation sites excluding steroid dienone is 1. The maximum atomic E-state index is 13.6. The van der Waals surface area contributed by atoms with Crippen molar-refractivity contribution in [2.75, 3.05) is 5.75 Å². The third kappa shape index (κ3) is 7.43. The zero-order valence-electron chi connectivity index (χ0n) is 32.6. The third-order valence-corrected chi connectivity index (χ3v) is 16.7. The average molecular weight is 753 g/mol. The molecule has 6 rings (SSSR count). The molecule has 4 aliphatic carbocycles. The molecule has 14 atom stereocenters. The van der Waals surface area contributed by atoms with Crippen LogP contribution in [0.1, 0.15) is 131 Å². The van der Waals surface area contributed by atoms with Gasteiger partial charge in [0.15, 0.2) is 5.78 Å². The summed E-state index contributed by atoms with van der Waals surface area (Å²) in [6.07, 6.45) is 14.0. The quantitative estimate of drug-likeness (QED) is 0.129. The maximum Gasteiger partial charge on any atom is 0.253 e. The van der Waals surface area contributed by atoms with E-state index in [1.54, 1.807) is 16.7 Å². The first-order valence-corrected chi connectivity index (χ1v) is 21.7. The summed E-state index contributed by atoms with van der Waals surface area (Å²) >= 11 is 1.56. The van der Waals surface area contributed by atoms with Gasteiger partial charge in [0.05, 0.1) is 24.0 Å². The second kappa shape index (κ2) is 16.1. The third-order valence-electron chi connectivity index (χ3n) is 15.3. The Morgan fingerprint density at radius 2 is 1.72 bits per heavy atom. The van der Waals surface area contributed by atoms with Gasteiger partial charge in [-0.15, -0.1) is 24.1 Å². The summed E-state index contributed by atoms with van der Waals surface area (Å²) in [7, 11) is 0. The molecule has 4 saturated carbocycles. The van der Waals surface area contributed by atoms with Crippen LogP contribution in [0.25, 0.3) is 0 Å². The Morgan fingerprint density at radius 1 is 1.00 bits per heavy atom. The van der Waals surface area contributed by atoms with E-state index in [1.165, 1.54) is 0 Å². The summed E-state index contributed by atoms with van der Waals surface area (Å²) in [4.78, 5) is 54.6. The molecule has 0 bridgehead atoms. The van der Waals surface area contributed by atoms with Crippen LogP contribution in [0.5, 0.6) is 0 Å². The number of aliphatic hydroxyl groups is 3. The number of fused-ring (bicyclic) bond motifs is 6. The minimum Gasteiger partial charge on any atom is -0.393 e. The normalized spacial score (nSPS) is 40.1. The van der Waals surface area contributed by atoms with Gasteiger partial charge in [-0.3, -0.25) is 24.1 Å². The van der Waals surface area contributed by atoms with Gasteiger partial charge < -0.3 is 20.6 Å². The van der Waals surface area contributed by atoms with Crippen molar-refractivity contribution in [3.8, 4) is 12.3 Å². The van der Waals surface area contributed by atoms with Crippen LogP contribution < -0.4 is 5.32 Å². The van der Waals surface area contributed by atoms with Crippen LogP contribution in [0.3, 0.4) is 0 Å². The van der Waals surface area contributed by atoms with E-state index >= 15 is 0 Å². The lowest BCUT2D eigenvalue weighted by Gasteiger charge is -2.63. The molecule has 0 aromatic rings. The zero-order valence-corrected chi connectivity index (χ0v) is 33.5. The topological polar surface area (TPSA) is 144 Å². The van der Waals surface area contributed by atoms with Crippen LogP contribution in [-0.4, -0.2) is 79.1 Å². The molecule has 0 aromatic carbocycles. The summed E-state index contributed by atoms with van der Waals surface area (Å²) in [5.74, 6) is 3.81. The Balaban J connectivity index is 1.03. The molecule has 0 aromatic heterocycles. The molecule has 2 aliphatic heterocycles. The van der Waals surface area contributed by atoms with E-state index in [2.05, 4.69) is 32.0 Å². The molecule has 53 heavy (non-hydrogen) atoms. The lowest BCUT2D eigenvalue weighted by molar-refractivity contribution is -0.223. The molecule has 0 radical (unpaired) electrons. The number of rotatable bonds is 14. The number of carbonyl (C=O) groups excluding carboxylic acids is 4. The number of ketones is 2. The fraction of sp³-hybridized carbons (Fsp3) is 0.814. The highest BCUT2D eigenvalue weighted by molar-refractivity contribution is 8.00. The van der Waals surface area contributed by atoms with Gasteiger partial charge in [0.25, 0.3) is 5.91 Å². The molecule has 294 valence electrons. The minimum absolute atomic E-state index is 0.0213. The summed E-state index contributed by atoms with van der Waals surface area (Å²) in [5.41, 5.74) is 1.19. The fourth-order valence-corrected chi connectivity index (χ4v) is 13.7. The highest BCUT2D eigenvalue weighted by Crippen LogP contribution is 2.68. The number of nitrogens with one attached hydrogen (secondary N) is 1. The van der Waals surface area contributed by atoms with E-state index < -0.39 is 24.4 Å². The van der Waals surface area contributed by atoms with Gasteiger partial charge in [-0.05, 0) is 123 Å². The molecule has 2 heterocycles. The number of aliphatic hydroxyl groups excluding tert-OH is 3. The van der Waals surface area contributed by atoms with Gasteiger partial charge in [0, 0.05) is 37.9 Å². The van der Waals surface area contributed by atoms with Crippen molar-refractivity contribution in [2.45, 2.75) is 161 Å². The van der Waals surface area contributed by atoms with Gasteiger partial charge >= 0.3 is 0 Å². The van der Waals surface area contributed by atoms with Crippen LogP contribution in [0, 0.1) is 64.6 Å². The highest BCUT2D eigenvalue weighted by Gasteiger charge is 2.65. The fourth-order valence-electron chi connectivity index (χ4n) is 12.4. The number of terminal acetylenes is 1. The summed E-state index contributed by atoms with van der Waals surface area (Å²) in [6, 6.07) is -0.676. The van der Waals surface area contributed by atoms with Crippen LogP contribution in [0.4, 0.5) is 0 Å². The molecule has 1 saturated heterocycles. The molecular formula is C43H64N2O7S. The summed E-state index contributed by atoms with van der Waals surface area (Å²) in [6.45, 7) is 10.8. The Labute approximate surface area is 321 Å². The van der Waals surface area contributed by atoms with Crippen molar-refractivity contribution in [1.29, 1.82) is 0 Å². The van der Waals surface area contributed by atoms with Gasteiger partial charge in [-0.2, -0.15) is 0 Å². The zero-order chi connectivity index (χ0) is 38.4. The molecule has 0 spiro atoms. The second-order valence-electron chi connectivity index (χ2n) is 18.4. The number of Topliss-reactive ketones (excluding diaryl/α,β-unsaturated/α-hetero) is 2. The molecule has 5 unspecified atom stereocenters. The Kier molecular flexibility index (Phi) is 12.3. The standard InChI is InChI=1S/C43H64N2O7S/c1-7-9-11-27(46)20-26(10-8-2)21-33(48)37-25(4)23-53-41-36(40(52)45(37)41)44-34(49)15-12-24(3)29-13-14-30-35-31(17-19-42(29,30)5)43(6)18-16-28(47)22-32(43)38(50)39(35)51/h2,24,26,28-32,35-36,38-39,41,47,50-51H,7,9-23H2,1,3-6H3,(H,44,49)/t24-,26?,28-,29-,30+,31+,32+,35+,36?,38?,39?,41?,42-,43-/m1/s1.